The van der Waals surface area contributed by atoms with Gasteiger partial charge in [-0.25, -0.2) is 0 Å². The Labute approximate surface area is 160 Å². The van der Waals surface area contributed by atoms with E-state index in [2.05, 4.69) is 0 Å². The van der Waals surface area contributed by atoms with E-state index in [-0.39, 0.29) is 24.2 Å². The van der Waals surface area contributed by atoms with Crippen LogP contribution in [-0.4, -0.2) is 16.1 Å². The van der Waals surface area contributed by atoms with Crippen molar-refractivity contribution in [3.8, 4) is 0 Å². The summed E-state index contributed by atoms with van der Waals surface area (Å²) in [5, 5.41) is 22.2. The minimum absolute atomic E-state index is 0.00458. The van der Waals surface area contributed by atoms with Gasteiger partial charge in [0.15, 0.2) is 6.29 Å². The first kappa shape index (κ1) is 24.4. The van der Waals surface area contributed by atoms with E-state index in [1.165, 1.54) is 12.2 Å². The van der Waals surface area contributed by atoms with Gasteiger partial charge in [0.2, 0.25) is 11.4 Å². The van der Waals surface area contributed by atoms with Crippen LogP contribution in [-0.2, 0) is 4.79 Å². The van der Waals surface area contributed by atoms with Crippen LogP contribution in [0.5, 0.6) is 0 Å². The molecule has 0 amide bonds. The SMILES string of the molecule is CC/C=C/C/C=C/C/C=C(/C/C=C(/CCCCCC[C]=O)[N+](=O)[O-])[N+](=O)[O-]. The van der Waals surface area contributed by atoms with Crippen molar-refractivity contribution >= 4 is 6.29 Å². The second-order valence-corrected chi connectivity index (χ2v) is 5.99. The zero-order valence-electron chi connectivity index (χ0n) is 16.0. The zero-order chi connectivity index (χ0) is 20.3. The summed E-state index contributed by atoms with van der Waals surface area (Å²) in [4.78, 5) is 31.4. The molecule has 1 radical (unpaired) electrons. The van der Waals surface area contributed by atoms with E-state index in [0.717, 1.165) is 32.1 Å². The quantitative estimate of drug-likeness (QED) is 0.154. The maximum atomic E-state index is 11.1. The first-order chi connectivity index (χ1) is 13.0. The molecule has 7 nitrogen and oxygen atoms in total. The van der Waals surface area contributed by atoms with Crippen LogP contribution < -0.4 is 0 Å². The number of hydrogen-bond donors (Lipinski definition) is 0. The standard InChI is InChI=1S/C20H29N2O5/c1-2-3-4-5-6-8-11-14-19(21(24)25)16-17-20(22(26)27)15-12-9-7-10-13-18-23/h3-4,6,8,14,17H,2,5,7,9-13,15-16H2,1H3/b4-3+,8-6+,19-14-,20-17-. The molecule has 0 bridgehead atoms. The molecule has 0 rings (SSSR count). The van der Waals surface area contributed by atoms with E-state index in [9.17, 15) is 25.0 Å². The van der Waals surface area contributed by atoms with Gasteiger partial charge in [-0.15, -0.1) is 0 Å². The van der Waals surface area contributed by atoms with Crippen molar-refractivity contribution in [2.45, 2.75) is 71.1 Å². The van der Waals surface area contributed by atoms with Gasteiger partial charge in [0, 0.05) is 12.8 Å². The molecular formula is C20H29N2O5. The van der Waals surface area contributed by atoms with Gasteiger partial charge in [-0.1, -0.05) is 44.1 Å². The number of hydrogen-bond acceptors (Lipinski definition) is 5. The van der Waals surface area contributed by atoms with E-state index in [1.54, 1.807) is 0 Å². The largest absolute Gasteiger partial charge is 0.291 e. The van der Waals surface area contributed by atoms with Gasteiger partial charge in [-0.3, -0.25) is 25.0 Å². The lowest BCUT2D eigenvalue weighted by Gasteiger charge is -2.00. The van der Waals surface area contributed by atoms with Gasteiger partial charge in [0.05, 0.1) is 16.3 Å². The monoisotopic (exact) mass is 377 g/mol. The smallest absolute Gasteiger partial charge is 0.246 e. The van der Waals surface area contributed by atoms with Crippen LogP contribution >= 0.6 is 0 Å². The van der Waals surface area contributed by atoms with Crippen molar-refractivity contribution in [1.29, 1.82) is 0 Å². The van der Waals surface area contributed by atoms with Crippen LogP contribution in [0.15, 0.2) is 47.9 Å². The van der Waals surface area contributed by atoms with E-state index in [0.29, 0.717) is 19.3 Å². The molecule has 0 spiro atoms. The molecule has 0 N–H and O–H groups in total. The van der Waals surface area contributed by atoms with Crippen molar-refractivity contribution < 1.29 is 14.6 Å². The number of nitro groups is 2. The van der Waals surface area contributed by atoms with Gasteiger partial charge >= 0.3 is 0 Å². The van der Waals surface area contributed by atoms with Crippen LogP contribution in [0, 0.1) is 20.2 Å². The first-order valence-electron chi connectivity index (χ1n) is 9.34. The third-order valence-corrected chi connectivity index (χ3v) is 3.81. The van der Waals surface area contributed by atoms with Crippen molar-refractivity contribution in [2.24, 2.45) is 0 Å². The summed E-state index contributed by atoms with van der Waals surface area (Å²) in [6.45, 7) is 2.05. The molecule has 0 aliphatic carbocycles. The molecule has 0 heterocycles. The van der Waals surface area contributed by atoms with E-state index >= 15 is 0 Å². The van der Waals surface area contributed by atoms with Crippen LogP contribution in [0.4, 0.5) is 0 Å². The second-order valence-electron chi connectivity index (χ2n) is 5.99. The van der Waals surface area contributed by atoms with E-state index < -0.39 is 9.85 Å². The summed E-state index contributed by atoms with van der Waals surface area (Å²) >= 11 is 0. The first-order valence-corrected chi connectivity index (χ1v) is 9.34. The van der Waals surface area contributed by atoms with Gasteiger partial charge < -0.3 is 0 Å². The lowest BCUT2D eigenvalue weighted by molar-refractivity contribution is -0.432. The lowest BCUT2D eigenvalue weighted by Crippen LogP contribution is -2.02. The highest BCUT2D eigenvalue weighted by atomic mass is 16.6. The van der Waals surface area contributed by atoms with Crippen LogP contribution in [0.2, 0.25) is 0 Å². The molecule has 0 aromatic carbocycles. The number of allylic oxidation sites excluding steroid dienone is 7. The minimum atomic E-state index is -0.491. The topological polar surface area (TPSA) is 103 Å². The predicted octanol–water partition coefficient (Wildman–Crippen LogP) is 5.45. The van der Waals surface area contributed by atoms with Gasteiger partial charge in [-0.2, -0.15) is 0 Å². The molecule has 0 aromatic rings. The fourth-order valence-corrected chi connectivity index (χ4v) is 2.32. The lowest BCUT2D eigenvalue weighted by atomic mass is 10.1. The Morgan fingerprint density at radius 2 is 1.48 bits per heavy atom. The average Bonchev–Trinajstić information content (AvgIpc) is 2.63. The molecule has 0 aromatic heterocycles. The van der Waals surface area contributed by atoms with Crippen molar-refractivity contribution in [3.63, 3.8) is 0 Å². The maximum absolute atomic E-state index is 11.1. The normalized spacial score (nSPS) is 12.8. The summed E-state index contributed by atoms with van der Waals surface area (Å²) < 4.78 is 0. The molecule has 0 fully saturated rings. The molecule has 7 heteroatoms. The molecule has 27 heavy (non-hydrogen) atoms. The Morgan fingerprint density at radius 1 is 0.852 bits per heavy atom. The zero-order valence-corrected chi connectivity index (χ0v) is 16.0. The molecule has 0 unspecified atom stereocenters. The van der Waals surface area contributed by atoms with Crippen LogP contribution in [0.1, 0.15) is 71.1 Å². The Morgan fingerprint density at radius 3 is 2.11 bits per heavy atom. The molecule has 0 aliphatic heterocycles. The van der Waals surface area contributed by atoms with Crippen molar-refractivity contribution in [1.82, 2.24) is 0 Å². The number of carbonyl (C=O) groups excluding carboxylic acids is 1. The van der Waals surface area contributed by atoms with Gasteiger partial charge in [-0.05, 0) is 44.3 Å². The Balaban J connectivity index is 4.57. The van der Waals surface area contributed by atoms with Gasteiger partial charge in [0.1, 0.15) is 0 Å². The van der Waals surface area contributed by atoms with Gasteiger partial charge in [0.25, 0.3) is 0 Å². The molecule has 0 atom stereocenters. The highest BCUT2D eigenvalue weighted by molar-refractivity contribution is 5.50. The molecule has 0 saturated heterocycles. The summed E-state index contributed by atoms with van der Waals surface area (Å²) in [5.74, 6) is 0. The fourth-order valence-electron chi connectivity index (χ4n) is 2.32. The van der Waals surface area contributed by atoms with Crippen molar-refractivity contribution in [2.75, 3.05) is 0 Å². The summed E-state index contributed by atoms with van der Waals surface area (Å²) in [5.41, 5.74) is -0.0328. The third-order valence-electron chi connectivity index (χ3n) is 3.81. The summed E-state index contributed by atoms with van der Waals surface area (Å²) in [6, 6.07) is 0. The molecular weight excluding hydrogens is 348 g/mol. The minimum Gasteiger partial charge on any atom is -0.291 e. The third kappa shape index (κ3) is 14.3. The number of nitrogens with zero attached hydrogens (tertiary/aromatic N) is 2. The Kier molecular flexibility index (Phi) is 15.3. The van der Waals surface area contributed by atoms with Crippen molar-refractivity contribution in [3.05, 3.63) is 68.1 Å². The fraction of sp³-hybridized carbons (Fsp3) is 0.550. The van der Waals surface area contributed by atoms with E-state index in [4.69, 9.17) is 0 Å². The molecule has 149 valence electrons. The summed E-state index contributed by atoms with van der Waals surface area (Å²) in [6.07, 6.45) is 18.2. The predicted molar refractivity (Wildman–Crippen MR) is 106 cm³/mol. The van der Waals surface area contributed by atoms with Crippen LogP contribution in [0.3, 0.4) is 0 Å². The average molecular weight is 377 g/mol. The molecule has 0 aliphatic rings. The second kappa shape index (κ2) is 16.9. The summed E-state index contributed by atoms with van der Waals surface area (Å²) in [7, 11) is 0. The molecule has 0 saturated carbocycles. The Hall–Kier alpha value is -2.57. The number of unbranched alkanes of at least 4 members (excludes halogenated alkanes) is 4. The van der Waals surface area contributed by atoms with E-state index in [1.807, 2.05) is 37.5 Å². The number of rotatable bonds is 16. The highest BCUT2D eigenvalue weighted by Gasteiger charge is 2.14. The Bertz CT molecular complexity index is 577. The van der Waals surface area contributed by atoms with Crippen LogP contribution in [0.25, 0.3) is 0 Å². The highest BCUT2D eigenvalue weighted by Crippen LogP contribution is 2.15. The maximum Gasteiger partial charge on any atom is 0.246 e.